The number of benzene rings is 1. The SMILES string of the molecule is C[C@@H](NC(=O)COC(=O)CCN1C(=O)[C@H]2CCCC[C@@H]2C1=O)c1ccccc1. The molecule has 1 aromatic rings. The maximum Gasteiger partial charge on any atom is 0.308 e. The molecule has 1 aliphatic heterocycles. The zero-order valence-corrected chi connectivity index (χ0v) is 16.1. The Kier molecular flexibility index (Phi) is 6.44. The lowest BCUT2D eigenvalue weighted by molar-refractivity contribution is -0.150. The van der Waals surface area contributed by atoms with Crippen molar-refractivity contribution in [3.05, 3.63) is 35.9 Å². The Morgan fingerprint density at radius 1 is 1.11 bits per heavy atom. The van der Waals surface area contributed by atoms with Crippen LogP contribution in [0, 0.1) is 11.8 Å². The smallest absolute Gasteiger partial charge is 0.308 e. The van der Waals surface area contributed by atoms with Gasteiger partial charge in [-0.2, -0.15) is 0 Å². The number of imide groups is 1. The molecule has 150 valence electrons. The summed E-state index contributed by atoms with van der Waals surface area (Å²) in [6.07, 6.45) is 3.32. The van der Waals surface area contributed by atoms with E-state index in [-0.39, 0.29) is 49.3 Å². The number of ether oxygens (including phenoxy) is 1. The average molecular weight is 386 g/mol. The lowest BCUT2D eigenvalue weighted by Crippen LogP contribution is -2.34. The number of carbonyl (C=O) groups excluding carboxylic acids is 4. The van der Waals surface area contributed by atoms with Crippen molar-refractivity contribution in [2.24, 2.45) is 11.8 Å². The third kappa shape index (κ3) is 4.58. The van der Waals surface area contributed by atoms with E-state index >= 15 is 0 Å². The predicted octanol–water partition coefficient (Wildman–Crippen LogP) is 1.97. The highest BCUT2D eigenvalue weighted by atomic mass is 16.5. The minimum atomic E-state index is -0.599. The molecule has 1 heterocycles. The van der Waals surface area contributed by atoms with Crippen LogP contribution in [0.1, 0.15) is 50.6 Å². The highest BCUT2D eigenvalue weighted by Gasteiger charge is 2.47. The molecule has 3 rings (SSSR count). The van der Waals surface area contributed by atoms with E-state index in [1.807, 2.05) is 37.3 Å². The average Bonchev–Trinajstić information content (AvgIpc) is 2.96. The molecule has 28 heavy (non-hydrogen) atoms. The molecule has 0 bridgehead atoms. The fourth-order valence-corrected chi connectivity index (χ4v) is 3.98. The van der Waals surface area contributed by atoms with Gasteiger partial charge in [0.05, 0.1) is 24.3 Å². The van der Waals surface area contributed by atoms with Gasteiger partial charge in [0.15, 0.2) is 6.61 Å². The minimum Gasteiger partial charge on any atom is -0.456 e. The van der Waals surface area contributed by atoms with Crippen LogP contribution >= 0.6 is 0 Å². The Morgan fingerprint density at radius 2 is 1.71 bits per heavy atom. The second kappa shape index (κ2) is 8.99. The number of rotatable bonds is 7. The van der Waals surface area contributed by atoms with Gasteiger partial charge in [-0.05, 0) is 25.3 Å². The highest BCUT2D eigenvalue weighted by Crippen LogP contribution is 2.37. The van der Waals surface area contributed by atoms with Gasteiger partial charge in [0.2, 0.25) is 11.8 Å². The summed E-state index contributed by atoms with van der Waals surface area (Å²) in [5.41, 5.74) is 0.953. The van der Waals surface area contributed by atoms with E-state index in [0.717, 1.165) is 31.2 Å². The molecule has 7 nitrogen and oxygen atoms in total. The summed E-state index contributed by atoms with van der Waals surface area (Å²) in [5, 5.41) is 2.76. The maximum atomic E-state index is 12.4. The summed E-state index contributed by atoms with van der Waals surface area (Å²) in [4.78, 5) is 49.8. The lowest BCUT2D eigenvalue weighted by atomic mass is 9.81. The van der Waals surface area contributed by atoms with Crippen LogP contribution in [0.25, 0.3) is 0 Å². The van der Waals surface area contributed by atoms with E-state index in [2.05, 4.69) is 5.32 Å². The normalized spacial score (nSPS) is 22.5. The molecule has 0 spiro atoms. The number of fused-ring (bicyclic) bond motifs is 1. The molecule has 1 aliphatic carbocycles. The first-order chi connectivity index (χ1) is 13.5. The number of nitrogens with zero attached hydrogens (tertiary/aromatic N) is 1. The second-order valence-corrected chi connectivity index (χ2v) is 7.44. The number of hydrogen-bond donors (Lipinski definition) is 1. The number of carbonyl (C=O) groups is 4. The van der Waals surface area contributed by atoms with Crippen LogP contribution in [0.2, 0.25) is 0 Å². The monoisotopic (exact) mass is 386 g/mol. The van der Waals surface area contributed by atoms with Crippen LogP contribution in [-0.4, -0.2) is 41.7 Å². The Bertz CT molecular complexity index is 724. The molecule has 0 aromatic heterocycles. The first-order valence-electron chi connectivity index (χ1n) is 9.82. The summed E-state index contributed by atoms with van der Waals surface area (Å²) in [6, 6.07) is 9.27. The fourth-order valence-electron chi connectivity index (χ4n) is 3.98. The number of esters is 1. The largest absolute Gasteiger partial charge is 0.456 e. The molecule has 1 saturated carbocycles. The van der Waals surface area contributed by atoms with Crippen molar-refractivity contribution < 1.29 is 23.9 Å². The summed E-state index contributed by atoms with van der Waals surface area (Å²) in [6.45, 7) is 1.48. The molecule has 3 amide bonds. The van der Waals surface area contributed by atoms with Gasteiger partial charge in [0.1, 0.15) is 0 Å². The first-order valence-corrected chi connectivity index (χ1v) is 9.82. The highest BCUT2D eigenvalue weighted by molar-refractivity contribution is 6.05. The van der Waals surface area contributed by atoms with Gasteiger partial charge >= 0.3 is 5.97 Å². The molecule has 2 aliphatic rings. The van der Waals surface area contributed by atoms with E-state index in [9.17, 15) is 19.2 Å². The molecule has 0 unspecified atom stereocenters. The lowest BCUT2D eigenvalue weighted by Gasteiger charge is -2.19. The van der Waals surface area contributed by atoms with Gasteiger partial charge < -0.3 is 10.1 Å². The molecule has 3 atom stereocenters. The zero-order valence-electron chi connectivity index (χ0n) is 16.1. The van der Waals surface area contributed by atoms with Crippen molar-refractivity contribution in [1.29, 1.82) is 0 Å². The molecule has 2 fully saturated rings. The molecule has 1 N–H and O–H groups in total. The molecular weight excluding hydrogens is 360 g/mol. The van der Waals surface area contributed by atoms with Crippen molar-refractivity contribution in [2.75, 3.05) is 13.2 Å². The van der Waals surface area contributed by atoms with Gasteiger partial charge in [0.25, 0.3) is 5.91 Å². The minimum absolute atomic E-state index is 0.0194. The first kappa shape index (κ1) is 20.0. The van der Waals surface area contributed by atoms with Crippen LogP contribution in [0.4, 0.5) is 0 Å². The number of likely N-dealkylation sites (tertiary alicyclic amines) is 1. The maximum absolute atomic E-state index is 12.4. The fraction of sp³-hybridized carbons (Fsp3) is 0.524. The van der Waals surface area contributed by atoms with Gasteiger partial charge in [-0.25, -0.2) is 0 Å². The Hall–Kier alpha value is -2.70. The summed E-state index contributed by atoms with van der Waals surface area (Å²) >= 11 is 0. The number of nitrogens with one attached hydrogen (secondary N) is 1. The summed E-state index contributed by atoms with van der Waals surface area (Å²) < 4.78 is 4.99. The molecular formula is C21H26N2O5. The van der Waals surface area contributed by atoms with E-state index in [4.69, 9.17) is 4.74 Å². The van der Waals surface area contributed by atoms with E-state index in [1.54, 1.807) is 0 Å². The van der Waals surface area contributed by atoms with Crippen LogP contribution < -0.4 is 5.32 Å². The van der Waals surface area contributed by atoms with Crippen LogP contribution in [0.3, 0.4) is 0 Å². The molecule has 7 heteroatoms. The van der Waals surface area contributed by atoms with E-state index in [1.165, 1.54) is 4.90 Å². The van der Waals surface area contributed by atoms with Gasteiger partial charge in [-0.3, -0.25) is 24.1 Å². The predicted molar refractivity (Wildman–Crippen MR) is 101 cm³/mol. The molecule has 1 aromatic carbocycles. The molecule has 1 saturated heterocycles. The van der Waals surface area contributed by atoms with Crippen molar-refractivity contribution in [1.82, 2.24) is 10.2 Å². The number of amides is 3. The standard InChI is InChI=1S/C21H26N2O5/c1-14(15-7-3-2-4-8-15)22-18(24)13-28-19(25)11-12-23-20(26)16-9-5-6-10-17(16)21(23)27/h2-4,7-8,14,16-17H,5-6,9-13H2,1H3,(H,22,24)/t14-,16+,17+/m1/s1. The van der Waals surface area contributed by atoms with Crippen molar-refractivity contribution in [2.45, 2.75) is 45.1 Å². The topological polar surface area (TPSA) is 92.8 Å². The van der Waals surface area contributed by atoms with Crippen molar-refractivity contribution >= 4 is 23.7 Å². The van der Waals surface area contributed by atoms with Crippen LogP contribution in [-0.2, 0) is 23.9 Å². The van der Waals surface area contributed by atoms with E-state index < -0.39 is 11.9 Å². The van der Waals surface area contributed by atoms with Crippen molar-refractivity contribution in [3.8, 4) is 0 Å². The van der Waals surface area contributed by atoms with Crippen LogP contribution in [0.5, 0.6) is 0 Å². The Labute approximate surface area is 164 Å². The van der Waals surface area contributed by atoms with Gasteiger partial charge in [0, 0.05) is 6.54 Å². The second-order valence-electron chi connectivity index (χ2n) is 7.44. The van der Waals surface area contributed by atoms with Crippen LogP contribution in [0.15, 0.2) is 30.3 Å². The Morgan fingerprint density at radius 3 is 2.32 bits per heavy atom. The quantitative estimate of drug-likeness (QED) is 0.571. The van der Waals surface area contributed by atoms with Crippen molar-refractivity contribution in [3.63, 3.8) is 0 Å². The summed E-state index contributed by atoms with van der Waals surface area (Å²) in [5.74, 6) is -1.78. The van der Waals surface area contributed by atoms with Gasteiger partial charge in [-0.1, -0.05) is 43.2 Å². The summed E-state index contributed by atoms with van der Waals surface area (Å²) in [7, 11) is 0. The van der Waals surface area contributed by atoms with E-state index in [0.29, 0.717) is 0 Å². The third-order valence-corrected chi connectivity index (χ3v) is 5.51. The molecule has 0 radical (unpaired) electrons. The van der Waals surface area contributed by atoms with Gasteiger partial charge in [-0.15, -0.1) is 0 Å². The Balaban J connectivity index is 1.40. The zero-order chi connectivity index (χ0) is 20.1. The number of hydrogen-bond acceptors (Lipinski definition) is 5. The third-order valence-electron chi connectivity index (χ3n) is 5.51.